The molecule has 1 saturated heterocycles. The quantitative estimate of drug-likeness (QED) is 0.834. The maximum absolute atomic E-state index is 12.8. The molecule has 0 atom stereocenters. The molecule has 3 amide bonds. The molecule has 0 spiro atoms. The van der Waals surface area contributed by atoms with Crippen molar-refractivity contribution in [3.8, 4) is 0 Å². The van der Waals surface area contributed by atoms with Gasteiger partial charge in [0.2, 0.25) is 5.91 Å². The third-order valence-electron chi connectivity index (χ3n) is 4.43. The fourth-order valence-electron chi connectivity index (χ4n) is 2.90. The number of rotatable bonds is 5. The van der Waals surface area contributed by atoms with E-state index in [4.69, 9.17) is 4.74 Å². The molecule has 0 bridgehead atoms. The topological polar surface area (TPSA) is 87.7 Å². The molecule has 7 nitrogen and oxygen atoms in total. The average molecular weight is 381 g/mol. The number of carbonyl (C=O) groups excluding carboxylic acids is 3. The summed E-state index contributed by atoms with van der Waals surface area (Å²) in [5.74, 6) is -0.614. The number of benzene rings is 2. The molecule has 0 aromatic heterocycles. The smallest absolute Gasteiger partial charge is 0.256 e. The minimum Gasteiger partial charge on any atom is -0.378 e. The van der Waals surface area contributed by atoms with Crippen molar-refractivity contribution >= 4 is 29.1 Å². The summed E-state index contributed by atoms with van der Waals surface area (Å²) in [6, 6.07) is 13.6. The standard InChI is InChI=1S/C21H23N3O4/c1-2-19(25)22-16-7-5-6-15(14-16)20(26)23-18-9-4-3-8-17(18)21(27)24-10-12-28-13-11-24/h3-9,14H,2,10-13H2,1H3,(H,22,25)(H,23,26). The first-order chi connectivity index (χ1) is 13.6. The molecule has 3 rings (SSSR count). The molecule has 7 heteroatoms. The van der Waals surface area contributed by atoms with E-state index >= 15 is 0 Å². The van der Waals surface area contributed by atoms with Crippen LogP contribution in [0.2, 0.25) is 0 Å². The average Bonchev–Trinajstić information content (AvgIpc) is 2.74. The molecule has 0 saturated carbocycles. The normalized spacial score (nSPS) is 13.7. The third-order valence-corrected chi connectivity index (χ3v) is 4.43. The van der Waals surface area contributed by atoms with Crippen molar-refractivity contribution in [3.05, 3.63) is 59.7 Å². The Hall–Kier alpha value is -3.19. The van der Waals surface area contributed by atoms with Gasteiger partial charge in [0.25, 0.3) is 11.8 Å². The fraction of sp³-hybridized carbons (Fsp3) is 0.286. The molecular formula is C21H23N3O4. The van der Waals surface area contributed by atoms with Gasteiger partial charge in [-0.25, -0.2) is 0 Å². The van der Waals surface area contributed by atoms with E-state index in [1.165, 1.54) is 0 Å². The molecule has 1 aliphatic rings. The van der Waals surface area contributed by atoms with Crippen molar-refractivity contribution in [3.63, 3.8) is 0 Å². The van der Waals surface area contributed by atoms with Crippen LogP contribution in [0.15, 0.2) is 48.5 Å². The first kappa shape index (κ1) is 19.6. The highest BCUT2D eigenvalue weighted by Gasteiger charge is 2.21. The Bertz CT molecular complexity index is 875. The van der Waals surface area contributed by atoms with Crippen molar-refractivity contribution < 1.29 is 19.1 Å². The Morgan fingerprint density at radius 2 is 1.75 bits per heavy atom. The van der Waals surface area contributed by atoms with Gasteiger partial charge in [0.15, 0.2) is 0 Å². The van der Waals surface area contributed by atoms with E-state index in [1.807, 2.05) is 0 Å². The van der Waals surface area contributed by atoms with Gasteiger partial charge >= 0.3 is 0 Å². The second-order valence-electron chi connectivity index (χ2n) is 6.39. The van der Waals surface area contributed by atoms with E-state index in [0.717, 1.165) is 0 Å². The van der Waals surface area contributed by atoms with Crippen LogP contribution in [0, 0.1) is 0 Å². The Kier molecular flexibility index (Phi) is 6.39. The van der Waals surface area contributed by atoms with Crippen LogP contribution in [0.1, 0.15) is 34.1 Å². The van der Waals surface area contributed by atoms with Crippen molar-refractivity contribution in [1.82, 2.24) is 4.90 Å². The van der Waals surface area contributed by atoms with Crippen LogP contribution in [-0.4, -0.2) is 48.9 Å². The highest BCUT2D eigenvalue weighted by molar-refractivity contribution is 6.09. The maximum atomic E-state index is 12.8. The summed E-state index contributed by atoms with van der Waals surface area (Å²) < 4.78 is 5.29. The zero-order valence-electron chi connectivity index (χ0n) is 15.7. The van der Waals surface area contributed by atoms with Gasteiger partial charge < -0.3 is 20.3 Å². The summed E-state index contributed by atoms with van der Waals surface area (Å²) in [6.45, 7) is 3.84. The van der Waals surface area contributed by atoms with Gasteiger partial charge in [0, 0.05) is 30.8 Å². The van der Waals surface area contributed by atoms with Crippen LogP contribution in [0.4, 0.5) is 11.4 Å². The molecule has 1 aliphatic heterocycles. The SMILES string of the molecule is CCC(=O)Nc1cccc(C(=O)Nc2ccccc2C(=O)N2CCOCC2)c1. The Morgan fingerprint density at radius 3 is 2.50 bits per heavy atom. The summed E-state index contributed by atoms with van der Waals surface area (Å²) in [6.07, 6.45) is 0.355. The first-order valence-corrected chi connectivity index (χ1v) is 9.26. The van der Waals surface area contributed by atoms with Crippen molar-refractivity contribution in [2.45, 2.75) is 13.3 Å². The van der Waals surface area contributed by atoms with Gasteiger partial charge in [-0.05, 0) is 30.3 Å². The molecule has 0 unspecified atom stereocenters. The molecule has 2 aromatic rings. The van der Waals surface area contributed by atoms with E-state index < -0.39 is 0 Å². The number of hydrogen-bond acceptors (Lipinski definition) is 4. The molecule has 2 aromatic carbocycles. The number of amides is 3. The molecular weight excluding hydrogens is 358 g/mol. The zero-order valence-corrected chi connectivity index (χ0v) is 15.7. The van der Waals surface area contributed by atoms with Gasteiger partial charge in [0.1, 0.15) is 0 Å². The third kappa shape index (κ3) is 4.75. The Labute approximate surface area is 163 Å². The van der Waals surface area contributed by atoms with Gasteiger partial charge in [0.05, 0.1) is 24.5 Å². The minimum absolute atomic E-state index is 0.126. The van der Waals surface area contributed by atoms with E-state index in [-0.39, 0.29) is 17.7 Å². The summed E-state index contributed by atoms with van der Waals surface area (Å²) in [5.41, 5.74) is 1.83. The lowest BCUT2D eigenvalue weighted by Crippen LogP contribution is -2.41. The number of ether oxygens (including phenoxy) is 1. The van der Waals surface area contributed by atoms with Gasteiger partial charge in [-0.3, -0.25) is 14.4 Å². The van der Waals surface area contributed by atoms with Gasteiger partial charge in [-0.15, -0.1) is 0 Å². The molecule has 0 aliphatic carbocycles. The minimum atomic E-state index is -0.352. The van der Waals surface area contributed by atoms with Crippen LogP contribution in [-0.2, 0) is 9.53 Å². The number of carbonyl (C=O) groups is 3. The molecule has 2 N–H and O–H groups in total. The summed E-state index contributed by atoms with van der Waals surface area (Å²) in [4.78, 5) is 38.8. The van der Waals surface area contributed by atoms with E-state index in [9.17, 15) is 14.4 Å². The predicted octanol–water partition coefficient (Wildman–Crippen LogP) is 2.76. The molecule has 1 heterocycles. The van der Waals surface area contributed by atoms with E-state index in [2.05, 4.69) is 10.6 Å². The lowest BCUT2D eigenvalue weighted by molar-refractivity contribution is -0.115. The number of nitrogens with one attached hydrogen (secondary N) is 2. The van der Waals surface area contributed by atoms with Crippen LogP contribution in [0.5, 0.6) is 0 Å². The van der Waals surface area contributed by atoms with Gasteiger partial charge in [-0.1, -0.05) is 25.1 Å². The van der Waals surface area contributed by atoms with Crippen LogP contribution in [0.25, 0.3) is 0 Å². The predicted molar refractivity (Wildman–Crippen MR) is 106 cm³/mol. The second kappa shape index (κ2) is 9.14. The maximum Gasteiger partial charge on any atom is 0.256 e. The molecule has 28 heavy (non-hydrogen) atoms. The Morgan fingerprint density at radius 1 is 1.00 bits per heavy atom. The zero-order chi connectivity index (χ0) is 19.9. The lowest BCUT2D eigenvalue weighted by Gasteiger charge is -2.27. The first-order valence-electron chi connectivity index (χ1n) is 9.26. The van der Waals surface area contributed by atoms with E-state index in [0.29, 0.717) is 55.2 Å². The summed E-state index contributed by atoms with van der Waals surface area (Å²) in [7, 11) is 0. The Balaban J connectivity index is 1.77. The molecule has 1 fully saturated rings. The number of para-hydroxylation sites is 1. The van der Waals surface area contributed by atoms with E-state index in [1.54, 1.807) is 60.4 Å². The summed E-state index contributed by atoms with van der Waals surface area (Å²) in [5, 5.41) is 5.54. The van der Waals surface area contributed by atoms with Crippen molar-refractivity contribution in [1.29, 1.82) is 0 Å². The highest BCUT2D eigenvalue weighted by atomic mass is 16.5. The van der Waals surface area contributed by atoms with Crippen LogP contribution >= 0.6 is 0 Å². The molecule has 0 radical (unpaired) electrons. The largest absolute Gasteiger partial charge is 0.378 e. The van der Waals surface area contributed by atoms with Gasteiger partial charge in [-0.2, -0.15) is 0 Å². The van der Waals surface area contributed by atoms with Crippen molar-refractivity contribution in [2.24, 2.45) is 0 Å². The lowest BCUT2D eigenvalue weighted by atomic mass is 10.1. The van der Waals surface area contributed by atoms with Crippen LogP contribution in [0.3, 0.4) is 0 Å². The van der Waals surface area contributed by atoms with Crippen molar-refractivity contribution in [2.75, 3.05) is 36.9 Å². The fourth-order valence-corrected chi connectivity index (χ4v) is 2.90. The number of morpholine rings is 1. The number of anilines is 2. The van der Waals surface area contributed by atoms with Crippen LogP contribution < -0.4 is 10.6 Å². The monoisotopic (exact) mass is 381 g/mol. The molecule has 146 valence electrons. The highest BCUT2D eigenvalue weighted by Crippen LogP contribution is 2.20. The number of nitrogens with zero attached hydrogens (tertiary/aromatic N) is 1. The second-order valence-corrected chi connectivity index (χ2v) is 6.39. The number of hydrogen-bond donors (Lipinski definition) is 2. The summed E-state index contributed by atoms with van der Waals surface area (Å²) >= 11 is 0.